The van der Waals surface area contributed by atoms with Crippen molar-refractivity contribution in [2.75, 3.05) is 0 Å². The number of nitrogens with one attached hydrogen (secondary N) is 1. The Hall–Kier alpha value is -3.06. The highest BCUT2D eigenvalue weighted by atomic mass is 32.1. The van der Waals surface area contributed by atoms with Crippen LogP contribution in [0, 0.1) is 5.82 Å². The lowest BCUT2D eigenvalue weighted by Crippen LogP contribution is -2.21. The molecule has 124 valence electrons. The Morgan fingerprint density at radius 3 is 2.76 bits per heavy atom. The van der Waals surface area contributed by atoms with Gasteiger partial charge in [-0.05, 0) is 35.9 Å². The van der Waals surface area contributed by atoms with Crippen LogP contribution < -0.4 is 5.32 Å². The molecule has 0 aliphatic rings. The molecule has 2 heterocycles. The number of carbonyl (C=O) groups is 1. The Morgan fingerprint density at radius 2 is 2.04 bits per heavy atom. The highest BCUT2D eigenvalue weighted by Crippen LogP contribution is 2.27. The Kier molecular flexibility index (Phi) is 3.99. The molecule has 0 spiro atoms. The van der Waals surface area contributed by atoms with Crippen molar-refractivity contribution < 1.29 is 9.18 Å². The van der Waals surface area contributed by atoms with Crippen LogP contribution in [0.25, 0.3) is 15.8 Å². The summed E-state index contributed by atoms with van der Waals surface area (Å²) < 4.78 is 16.2. The molecule has 2 aromatic carbocycles. The molecule has 4 aromatic rings. The number of nitrogens with zero attached hydrogens (tertiary/aromatic N) is 3. The number of halogens is 1. The molecule has 0 saturated carbocycles. The molecule has 0 aliphatic heterocycles. The minimum atomic E-state index is -0.309. The summed E-state index contributed by atoms with van der Waals surface area (Å²) >= 11 is 1.28. The van der Waals surface area contributed by atoms with Gasteiger partial charge < -0.3 is 5.32 Å². The van der Waals surface area contributed by atoms with E-state index in [1.807, 2.05) is 30.3 Å². The van der Waals surface area contributed by atoms with Crippen molar-refractivity contribution in [2.45, 2.75) is 6.54 Å². The van der Waals surface area contributed by atoms with Gasteiger partial charge in [-0.25, -0.2) is 14.1 Å². The van der Waals surface area contributed by atoms with Crippen molar-refractivity contribution in [3.8, 4) is 5.69 Å². The van der Waals surface area contributed by atoms with Gasteiger partial charge in [-0.15, -0.1) is 11.3 Å². The van der Waals surface area contributed by atoms with Crippen molar-refractivity contribution in [3.05, 3.63) is 77.4 Å². The van der Waals surface area contributed by atoms with Crippen molar-refractivity contribution in [1.29, 1.82) is 0 Å². The molecule has 0 saturated heterocycles. The maximum Gasteiger partial charge on any atom is 0.261 e. The second-order valence-corrected chi connectivity index (χ2v) is 6.54. The number of amides is 1. The van der Waals surface area contributed by atoms with E-state index >= 15 is 0 Å². The average molecular weight is 352 g/mol. The third-order valence-electron chi connectivity index (χ3n) is 3.80. The molecule has 0 radical (unpaired) electrons. The Morgan fingerprint density at radius 1 is 1.20 bits per heavy atom. The molecule has 4 rings (SSSR count). The van der Waals surface area contributed by atoms with Gasteiger partial charge >= 0.3 is 0 Å². The van der Waals surface area contributed by atoms with Crippen molar-refractivity contribution in [3.63, 3.8) is 0 Å². The topological polar surface area (TPSA) is 59.8 Å². The predicted molar refractivity (Wildman–Crippen MR) is 94.3 cm³/mol. The quantitative estimate of drug-likeness (QED) is 0.611. The predicted octanol–water partition coefficient (Wildman–Crippen LogP) is 3.55. The van der Waals surface area contributed by atoms with Gasteiger partial charge in [0, 0.05) is 16.6 Å². The lowest BCUT2D eigenvalue weighted by Gasteiger charge is -2.05. The van der Waals surface area contributed by atoms with E-state index in [1.54, 1.807) is 23.1 Å². The third kappa shape index (κ3) is 3.14. The molecule has 0 atom stereocenters. The fourth-order valence-electron chi connectivity index (χ4n) is 2.51. The van der Waals surface area contributed by atoms with Gasteiger partial charge in [0.25, 0.3) is 5.91 Å². The van der Waals surface area contributed by atoms with Gasteiger partial charge in [0.05, 0.1) is 10.6 Å². The molecule has 25 heavy (non-hydrogen) atoms. The summed E-state index contributed by atoms with van der Waals surface area (Å²) in [5, 5.41) is 7.41. The maximum atomic E-state index is 13.7. The molecule has 0 fully saturated rings. The Balaban J connectivity index is 1.45. The van der Waals surface area contributed by atoms with Gasteiger partial charge in [-0.3, -0.25) is 4.79 Å². The van der Waals surface area contributed by atoms with Crippen LogP contribution >= 0.6 is 11.3 Å². The number of rotatable bonds is 4. The molecule has 1 amide bonds. The second kappa shape index (κ2) is 6.45. The number of hydrogen-bond acceptors (Lipinski definition) is 4. The van der Waals surface area contributed by atoms with E-state index in [-0.39, 0.29) is 11.7 Å². The van der Waals surface area contributed by atoms with Crippen LogP contribution in [0.2, 0.25) is 0 Å². The molecule has 2 aromatic heterocycles. The van der Waals surface area contributed by atoms with Crippen LogP contribution in [0.3, 0.4) is 0 Å². The average Bonchev–Trinajstić information content (AvgIpc) is 3.30. The largest absolute Gasteiger partial charge is 0.347 e. The fourth-order valence-corrected chi connectivity index (χ4v) is 3.51. The lowest BCUT2D eigenvalue weighted by molar-refractivity contribution is 0.0955. The standard InChI is InChI=1S/C18H13FN4OS/c19-15-2-1-3-16-14(15)8-17(25-16)18(24)21-9-12-4-6-13(7-5-12)23-11-20-10-22-23/h1-8,10-11H,9H2,(H,21,24). The highest BCUT2D eigenvalue weighted by Gasteiger charge is 2.12. The number of thiophene rings is 1. The Labute approximate surface area is 146 Å². The van der Waals surface area contributed by atoms with E-state index in [0.717, 1.165) is 16.0 Å². The molecular weight excluding hydrogens is 339 g/mol. The maximum absolute atomic E-state index is 13.7. The van der Waals surface area contributed by atoms with E-state index in [1.165, 1.54) is 23.7 Å². The summed E-state index contributed by atoms with van der Waals surface area (Å²) in [5.41, 5.74) is 1.86. The van der Waals surface area contributed by atoms with E-state index < -0.39 is 0 Å². The summed E-state index contributed by atoms with van der Waals surface area (Å²) in [6.07, 6.45) is 3.10. The minimum Gasteiger partial charge on any atom is -0.347 e. The van der Waals surface area contributed by atoms with E-state index in [9.17, 15) is 9.18 Å². The van der Waals surface area contributed by atoms with Crippen LogP contribution in [0.15, 0.2) is 61.2 Å². The first-order valence-electron chi connectivity index (χ1n) is 7.61. The Bertz CT molecular complexity index is 1030. The monoisotopic (exact) mass is 352 g/mol. The van der Waals surface area contributed by atoms with Crippen LogP contribution in [0.5, 0.6) is 0 Å². The van der Waals surface area contributed by atoms with Gasteiger partial charge in [0.1, 0.15) is 18.5 Å². The van der Waals surface area contributed by atoms with Crippen molar-refractivity contribution in [1.82, 2.24) is 20.1 Å². The molecule has 5 nitrogen and oxygen atoms in total. The summed E-state index contributed by atoms with van der Waals surface area (Å²) in [6, 6.07) is 14.1. The van der Waals surface area contributed by atoms with E-state index in [4.69, 9.17) is 0 Å². The highest BCUT2D eigenvalue weighted by molar-refractivity contribution is 7.20. The molecule has 7 heteroatoms. The van der Waals surface area contributed by atoms with Gasteiger partial charge in [0.15, 0.2) is 0 Å². The van der Waals surface area contributed by atoms with Gasteiger partial charge in [0.2, 0.25) is 0 Å². The summed E-state index contributed by atoms with van der Waals surface area (Å²) in [5.74, 6) is -0.516. The SMILES string of the molecule is O=C(NCc1ccc(-n2cncn2)cc1)c1cc2c(F)cccc2s1. The van der Waals surface area contributed by atoms with Crippen LogP contribution in [0.1, 0.15) is 15.2 Å². The first-order chi connectivity index (χ1) is 12.2. The number of fused-ring (bicyclic) bond motifs is 1. The van der Waals surface area contributed by atoms with E-state index in [0.29, 0.717) is 16.8 Å². The zero-order valence-electron chi connectivity index (χ0n) is 13.0. The summed E-state index contributed by atoms with van der Waals surface area (Å²) in [7, 11) is 0. The van der Waals surface area contributed by atoms with Crippen molar-refractivity contribution >= 4 is 27.3 Å². The normalized spacial score (nSPS) is 10.9. The van der Waals surface area contributed by atoms with E-state index in [2.05, 4.69) is 15.4 Å². The molecule has 0 bridgehead atoms. The zero-order chi connectivity index (χ0) is 17.2. The van der Waals surface area contributed by atoms with Crippen molar-refractivity contribution in [2.24, 2.45) is 0 Å². The first-order valence-corrected chi connectivity index (χ1v) is 8.42. The molecule has 0 aliphatic carbocycles. The second-order valence-electron chi connectivity index (χ2n) is 5.45. The number of aromatic nitrogens is 3. The summed E-state index contributed by atoms with van der Waals surface area (Å²) in [4.78, 5) is 16.7. The number of carbonyl (C=O) groups excluding carboxylic acids is 1. The fraction of sp³-hybridized carbons (Fsp3) is 0.0556. The molecule has 1 N–H and O–H groups in total. The molecule has 0 unspecified atom stereocenters. The van der Waals surface area contributed by atoms with Crippen LogP contribution in [-0.4, -0.2) is 20.7 Å². The van der Waals surface area contributed by atoms with Crippen LogP contribution in [0.4, 0.5) is 4.39 Å². The van der Waals surface area contributed by atoms with Crippen LogP contribution in [-0.2, 0) is 6.54 Å². The number of benzene rings is 2. The third-order valence-corrected chi connectivity index (χ3v) is 4.90. The first kappa shape index (κ1) is 15.5. The smallest absolute Gasteiger partial charge is 0.261 e. The minimum absolute atomic E-state index is 0.207. The zero-order valence-corrected chi connectivity index (χ0v) is 13.8. The van der Waals surface area contributed by atoms with Gasteiger partial charge in [-0.1, -0.05) is 18.2 Å². The number of hydrogen-bond donors (Lipinski definition) is 1. The van der Waals surface area contributed by atoms with Gasteiger partial charge in [-0.2, -0.15) is 5.10 Å². The lowest BCUT2D eigenvalue weighted by atomic mass is 10.2. The summed E-state index contributed by atoms with van der Waals surface area (Å²) in [6.45, 7) is 0.396. The molecular formula is C18H13FN4OS.